The number of ether oxygens (including phenoxy) is 1. The van der Waals surface area contributed by atoms with Gasteiger partial charge in [0.15, 0.2) is 0 Å². The quantitative estimate of drug-likeness (QED) is 0.739. The third-order valence-corrected chi connectivity index (χ3v) is 2.39. The van der Waals surface area contributed by atoms with Crippen molar-refractivity contribution >= 4 is 0 Å². The molecule has 1 rings (SSSR count). The number of rotatable bonds is 4. The van der Waals surface area contributed by atoms with Crippen molar-refractivity contribution in [3.05, 3.63) is 18.1 Å². The standard InChI is InChI=1S/C11H18N2O/c1-5-6-11(2,3)9-7-12-8-10(13-9)14-4/h7-8H,5-6H2,1-4H3. The highest BCUT2D eigenvalue weighted by Crippen LogP contribution is 2.26. The number of hydrogen-bond acceptors (Lipinski definition) is 3. The molecular weight excluding hydrogens is 176 g/mol. The summed E-state index contributed by atoms with van der Waals surface area (Å²) in [5.74, 6) is 0.590. The van der Waals surface area contributed by atoms with Crippen molar-refractivity contribution in [1.82, 2.24) is 9.97 Å². The van der Waals surface area contributed by atoms with E-state index in [1.807, 2.05) is 6.20 Å². The van der Waals surface area contributed by atoms with E-state index in [2.05, 4.69) is 30.7 Å². The lowest BCUT2D eigenvalue weighted by Crippen LogP contribution is -2.19. The molecule has 0 fully saturated rings. The number of hydrogen-bond donors (Lipinski definition) is 0. The molecule has 0 aliphatic heterocycles. The fourth-order valence-electron chi connectivity index (χ4n) is 1.53. The fourth-order valence-corrected chi connectivity index (χ4v) is 1.53. The molecule has 0 saturated heterocycles. The molecule has 0 atom stereocenters. The van der Waals surface area contributed by atoms with Crippen LogP contribution in [0.2, 0.25) is 0 Å². The molecule has 0 aliphatic carbocycles. The lowest BCUT2D eigenvalue weighted by molar-refractivity contribution is 0.382. The molecule has 14 heavy (non-hydrogen) atoms. The Morgan fingerprint density at radius 3 is 2.64 bits per heavy atom. The Hall–Kier alpha value is -1.12. The topological polar surface area (TPSA) is 35.0 Å². The average Bonchev–Trinajstić information content (AvgIpc) is 2.18. The van der Waals surface area contributed by atoms with Crippen LogP contribution in [0.3, 0.4) is 0 Å². The minimum absolute atomic E-state index is 0.0797. The van der Waals surface area contributed by atoms with Crippen LogP contribution >= 0.6 is 0 Å². The third kappa shape index (κ3) is 2.44. The van der Waals surface area contributed by atoms with Crippen molar-refractivity contribution in [3.63, 3.8) is 0 Å². The highest BCUT2D eigenvalue weighted by atomic mass is 16.5. The van der Waals surface area contributed by atoms with Crippen LogP contribution in [0.1, 0.15) is 39.3 Å². The first kappa shape index (κ1) is 11.0. The summed E-state index contributed by atoms with van der Waals surface area (Å²) >= 11 is 0. The zero-order chi connectivity index (χ0) is 10.6. The van der Waals surface area contributed by atoms with Crippen LogP contribution in [0.4, 0.5) is 0 Å². The largest absolute Gasteiger partial charge is 0.480 e. The minimum atomic E-state index is 0.0797. The predicted molar refractivity (Wildman–Crippen MR) is 56.5 cm³/mol. The van der Waals surface area contributed by atoms with Gasteiger partial charge in [-0.05, 0) is 6.42 Å². The smallest absolute Gasteiger partial charge is 0.232 e. The Bertz CT molecular complexity index is 297. The van der Waals surface area contributed by atoms with Crippen LogP contribution in [0.5, 0.6) is 5.88 Å². The summed E-state index contributed by atoms with van der Waals surface area (Å²) in [6.45, 7) is 6.54. The molecule has 0 aromatic carbocycles. The second-order valence-corrected chi connectivity index (χ2v) is 4.08. The molecule has 0 saturated carbocycles. The van der Waals surface area contributed by atoms with Crippen LogP contribution in [0.25, 0.3) is 0 Å². The molecule has 0 spiro atoms. The van der Waals surface area contributed by atoms with Crippen molar-refractivity contribution in [2.45, 2.75) is 39.0 Å². The maximum absolute atomic E-state index is 5.05. The van der Waals surface area contributed by atoms with E-state index in [4.69, 9.17) is 4.74 Å². The first-order valence-corrected chi connectivity index (χ1v) is 4.96. The van der Waals surface area contributed by atoms with Crippen LogP contribution in [0.15, 0.2) is 12.4 Å². The second-order valence-electron chi connectivity index (χ2n) is 4.08. The van der Waals surface area contributed by atoms with Gasteiger partial charge in [0.2, 0.25) is 5.88 Å². The third-order valence-electron chi connectivity index (χ3n) is 2.39. The molecule has 0 aliphatic rings. The van der Waals surface area contributed by atoms with Gasteiger partial charge in [0, 0.05) is 11.6 Å². The van der Waals surface area contributed by atoms with Gasteiger partial charge in [0.1, 0.15) is 0 Å². The number of aromatic nitrogens is 2. The summed E-state index contributed by atoms with van der Waals surface area (Å²) in [6, 6.07) is 0. The summed E-state index contributed by atoms with van der Waals surface area (Å²) < 4.78 is 5.05. The maximum atomic E-state index is 5.05. The van der Waals surface area contributed by atoms with Gasteiger partial charge in [-0.2, -0.15) is 0 Å². The van der Waals surface area contributed by atoms with Crippen LogP contribution in [-0.4, -0.2) is 17.1 Å². The van der Waals surface area contributed by atoms with Crippen molar-refractivity contribution in [1.29, 1.82) is 0 Å². The lowest BCUT2D eigenvalue weighted by atomic mass is 9.85. The average molecular weight is 194 g/mol. The molecule has 1 aromatic rings. The molecule has 0 N–H and O–H groups in total. The molecular formula is C11H18N2O. The van der Waals surface area contributed by atoms with E-state index >= 15 is 0 Å². The Morgan fingerprint density at radius 2 is 2.07 bits per heavy atom. The van der Waals surface area contributed by atoms with Gasteiger partial charge < -0.3 is 4.74 Å². The zero-order valence-electron chi connectivity index (χ0n) is 9.37. The fraction of sp³-hybridized carbons (Fsp3) is 0.636. The Labute approximate surface area is 85.5 Å². The molecule has 0 radical (unpaired) electrons. The van der Waals surface area contributed by atoms with Crippen LogP contribution in [0, 0.1) is 0 Å². The van der Waals surface area contributed by atoms with Crippen LogP contribution in [-0.2, 0) is 5.41 Å². The SMILES string of the molecule is CCCC(C)(C)c1cncc(OC)n1. The van der Waals surface area contributed by atoms with Crippen molar-refractivity contribution < 1.29 is 4.74 Å². The molecule has 0 amide bonds. The first-order chi connectivity index (χ1) is 6.60. The zero-order valence-corrected chi connectivity index (χ0v) is 9.37. The number of nitrogens with zero attached hydrogens (tertiary/aromatic N) is 2. The molecule has 1 aromatic heterocycles. The van der Waals surface area contributed by atoms with Gasteiger partial charge in [0.25, 0.3) is 0 Å². The predicted octanol–water partition coefficient (Wildman–Crippen LogP) is 2.56. The lowest BCUT2D eigenvalue weighted by Gasteiger charge is -2.22. The summed E-state index contributed by atoms with van der Waals surface area (Å²) in [6.07, 6.45) is 5.70. The Kier molecular flexibility index (Phi) is 3.44. The summed E-state index contributed by atoms with van der Waals surface area (Å²) in [5.41, 5.74) is 1.08. The van der Waals surface area contributed by atoms with E-state index in [1.165, 1.54) is 0 Å². The Morgan fingerprint density at radius 1 is 1.36 bits per heavy atom. The normalized spacial score (nSPS) is 11.4. The first-order valence-electron chi connectivity index (χ1n) is 4.96. The van der Waals surface area contributed by atoms with E-state index in [9.17, 15) is 0 Å². The highest BCUT2D eigenvalue weighted by Gasteiger charge is 2.21. The van der Waals surface area contributed by atoms with Crippen molar-refractivity contribution in [2.24, 2.45) is 0 Å². The molecule has 3 heteroatoms. The van der Waals surface area contributed by atoms with Gasteiger partial charge in [0.05, 0.1) is 19.0 Å². The van der Waals surface area contributed by atoms with Gasteiger partial charge in [-0.15, -0.1) is 0 Å². The van der Waals surface area contributed by atoms with Gasteiger partial charge in [-0.25, -0.2) is 4.98 Å². The molecule has 0 bridgehead atoms. The second kappa shape index (κ2) is 4.40. The molecule has 78 valence electrons. The van der Waals surface area contributed by atoms with E-state index in [-0.39, 0.29) is 5.41 Å². The van der Waals surface area contributed by atoms with Crippen molar-refractivity contribution in [3.8, 4) is 5.88 Å². The van der Waals surface area contributed by atoms with Crippen molar-refractivity contribution in [2.75, 3.05) is 7.11 Å². The van der Waals surface area contributed by atoms with Gasteiger partial charge in [-0.1, -0.05) is 27.2 Å². The van der Waals surface area contributed by atoms with Gasteiger partial charge >= 0.3 is 0 Å². The van der Waals surface area contributed by atoms with E-state index in [0.29, 0.717) is 5.88 Å². The summed E-state index contributed by atoms with van der Waals surface area (Å²) in [5, 5.41) is 0. The van der Waals surface area contributed by atoms with E-state index in [0.717, 1.165) is 18.5 Å². The Balaban J connectivity index is 2.93. The molecule has 3 nitrogen and oxygen atoms in total. The van der Waals surface area contributed by atoms with E-state index < -0.39 is 0 Å². The van der Waals surface area contributed by atoms with Gasteiger partial charge in [-0.3, -0.25) is 4.98 Å². The monoisotopic (exact) mass is 194 g/mol. The minimum Gasteiger partial charge on any atom is -0.480 e. The van der Waals surface area contributed by atoms with E-state index in [1.54, 1.807) is 13.3 Å². The molecule has 1 heterocycles. The summed E-state index contributed by atoms with van der Waals surface area (Å²) in [4.78, 5) is 8.51. The van der Waals surface area contributed by atoms with Crippen LogP contribution < -0.4 is 4.74 Å². The maximum Gasteiger partial charge on any atom is 0.232 e. The summed E-state index contributed by atoms with van der Waals surface area (Å²) in [7, 11) is 1.61. The number of methoxy groups -OCH3 is 1. The highest BCUT2D eigenvalue weighted by molar-refractivity contribution is 5.15. The molecule has 0 unspecified atom stereocenters.